The first kappa shape index (κ1) is 26.2. The van der Waals surface area contributed by atoms with Crippen LogP contribution in [0.2, 0.25) is 0 Å². The molecule has 0 bridgehead atoms. The van der Waals surface area contributed by atoms with E-state index in [9.17, 15) is 9.18 Å². The van der Waals surface area contributed by atoms with Crippen LogP contribution in [-0.4, -0.2) is 38.2 Å². The third-order valence-corrected chi connectivity index (χ3v) is 6.80. The van der Waals surface area contributed by atoms with Crippen LogP contribution >= 0.6 is 0 Å². The minimum Gasteiger partial charge on any atom is -0.497 e. The lowest BCUT2D eigenvalue weighted by atomic mass is 9.92. The van der Waals surface area contributed by atoms with Gasteiger partial charge in [-0.25, -0.2) is 9.37 Å². The van der Waals surface area contributed by atoms with Crippen LogP contribution in [0.1, 0.15) is 27.2 Å². The lowest BCUT2D eigenvalue weighted by Crippen LogP contribution is -2.19. The first-order chi connectivity index (χ1) is 19.7. The van der Waals surface area contributed by atoms with Crippen LogP contribution in [0.3, 0.4) is 0 Å². The molecule has 2 aromatic carbocycles. The number of hydrogen-bond acceptors (Lipinski definition) is 5. The van der Waals surface area contributed by atoms with Gasteiger partial charge in [0.15, 0.2) is 5.65 Å². The predicted molar refractivity (Wildman–Crippen MR) is 159 cm³/mol. The zero-order valence-corrected chi connectivity index (χ0v) is 23.2. The summed E-state index contributed by atoms with van der Waals surface area (Å²) in [6, 6.07) is 16.4. The standard InChI is InChI=1S/C32H29FN6O2/c1-32(2,3)14-29(40)36-22-9-19(15-34-17-22)20-11-26-30(38-39-31(26)35-16-20)28-13-25-24(6-5-7-27(25)37-28)18-8-21(33)12-23(10-18)41-4/h5-13,15-17,37H,14H2,1-4H3,(H,36,40)(H,35,38,39). The maximum atomic E-state index is 14.3. The summed E-state index contributed by atoms with van der Waals surface area (Å²) in [5, 5.41) is 12.3. The molecule has 8 nitrogen and oxygen atoms in total. The van der Waals surface area contributed by atoms with E-state index in [2.05, 4.69) is 30.5 Å². The first-order valence-electron chi connectivity index (χ1n) is 13.2. The Morgan fingerprint density at radius 1 is 0.976 bits per heavy atom. The normalized spacial score (nSPS) is 11.7. The molecule has 0 atom stereocenters. The molecule has 0 aliphatic rings. The second-order valence-corrected chi connectivity index (χ2v) is 11.3. The summed E-state index contributed by atoms with van der Waals surface area (Å²) in [5.41, 5.74) is 6.79. The monoisotopic (exact) mass is 548 g/mol. The number of halogens is 1. The van der Waals surface area contributed by atoms with Crippen molar-refractivity contribution in [3.8, 4) is 39.4 Å². The number of rotatable bonds is 6. The Kier molecular flexibility index (Phi) is 6.49. The molecule has 0 fully saturated rings. The number of carbonyl (C=O) groups excluding carboxylic acids is 1. The van der Waals surface area contributed by atoms with Crippen molar-refractivity contribution in [1.82, 2.24) is 25.1 Å². The number of carbonyl (C=O) groups is 1. The van der Waals surface area contributed by atoms with Crippen molar-refractivity contribution in [2.45, 2.75) is 27.2 Å². The molecule has 6 aromatic rings. The highest BCUT2D eigenvalue weighted by Gasteiger charge is 2.18. The predicted octanol–water partition coefficient (Wildman–Crippen LogP) is 7.36. The summed E-state index contributed by atoms with van der Waals surface area (Å²) in [6.45, 7) is 6.08. The maximum absolute atomic E-state index is 14.3. The number of ether oxygens (including phenoxy) is 1. The quantitative estimate of drug-likeness (QED) is 0.202. The van der Waals surface area contributed by atoms with Gasteiger partial charge in [0.05, 0.1) is 24.7 Å². The lowest BCUT2D eigenvalue weighted by molar-refractivity contribution is -0.117. The van der Waals surface area contributed by atoms with Crippen LogP contribution in [0.4, 0.5) is 10.1 Å². The summed E-state index contributed by atoms with van der Waals surface area (Å²) in [7, 11) is 1.52. The van der Waals surface area contributed by atoms with E-state index in [-0.39, 0.29) is 17.1 Å². The lowest BCUT2D eigenvalue weighted by Gasteiger charge is -2.17. The van der Waals surface area contributed by atoms with E-state index in [1.807, 2.05) is 63.2 Å². The van der Waals surface area contributed by atoms with Gasteiger partial charge in [0, 0.05) is 52.3 Å². The van der Waals surface area contributed by atoms with Crippen molar-refractivity contribution in [2.24, 2.45) is 5.41 Å². The number of nitrogens with zero attached hydrogens (tertiary/aromatic N) is 3. The van der Waals surface area contributed by atoms with Gasteiger partial charge < -0.3 is 15.0 Å². The summed E-state index contributed by atoms with van der Waals surface area (Å²) < 4.78 is 19.6. The van der Waals surface area contributed by atoms with Crippen LogP contribution < -0.4 is 10.1 Å². The zero-order valence-electron chi connectivity index (χ0n) is 23.2. The summed E-state index contributed by atoms with van der Waals surface area (Å²) >= 11 is 0. The van der Waals surface area contributed by atoms with Gasteiger partial charge in [0.1, 0.15) is 17.3 Å². The second-order valence-electron chi connectivity index (χ2n) is 11.3. The number of pyridine rings is 2. The van der Waals surface area contributed by atoms with Gasteiger partial charge >= 0.3 is 0 Å². The molecule has 6 rings (SSSR count). The molecular formula is C32H29FN6O2. The molecular weight excluding hydrogens is 519 g/mol. The van der Waals surface area contributed by atoms with Crippen LogP contribution in [0.25, 0.3) is 55.6 Å². The van der Waals surface area contributed by atoms with E-state index in [0.29, 0.717) is 29.2 Å². The van der Waals surface area contributed by atoms with Crippen molar-refractivity contribution < 1.29 is 13.9 Å². The fourth-order valence-electron chi connectivity index (χ4n) is 4.99. The Bertz CT molecular complexity index is 1920. The largest absolute Gasteiger partial charge is 0.497 e. The van der Waals surface area contributed by atoms with Crippen molar-refractivity contribution in [2.75, 3.05) is 12.4 Å². The fourth-order valence-corrected chi connectivity index (χ4v) is 4.99. The smallest absolute Gasteiger partial charge is 0.224 e. The number of fused-ring (bicyclic) bond motifs is 2. The van der Waals surface area contributed by atoms with Crippen molar-refractivity contribution in [3.05, 3.63) is 79.0 Å². The number of amides is 1. The number of nitrogens with one attached hydrogen (secondary N) is 3. The SMILES string of the molecule is COc1cc(F)cc(-c2cccc3[nH]c(-c4n[nH]c5ncc(-c6cncc(NC(=O)CC(C)(C)C)c6)cc45)cc23)c1. The van der Waals surface area contributed by atoms with Gasteiger partial charge in [-0.3, -0.25) is 14.9 Å². The minimum absolute atomic E-state index is 0.0583. The van der Waals surface area contributed by atoms with Crippen LogP contribution in [0.15, 0.2) is 73.2 Å². The molecule has 0 unspecified atom stereocenters. The molecule has 0 saturated carbocycles. The fraction of sp³-hybridized carbons (Fsp3) is 0.188. The number of hydrogen-bond donors (Lipinski definition) is 3. The maximum Gasteiger partial charge on any atom is 0.224 e. The molecule has 41 heavy (non-hydrogen) atoms. The molecule has 0 aliphatic heterocycles. The third-order valence-electron chi connectivity index (χ3n) is 6.80. The number of benzene rings is 2. The van der Waals surface area contributed by atoms with Crippen LogP contribution in [0, 0.1) is 11.2 Å². The Labute approximate surface area is 236 Å². The molecule has 206 valence electrons. The number of H-pyrrole nitrogens is 2. The van der Waals surface area contributed by atoms with Gasteiger partial charge in [0.25, 0.3) is 0 Å². The number of methoxy groups -OCH3 is 1. The summed E-state index contributed by atoms with van der Waals surface area (Å²) in [5.74, 6) is 0.0327. The number of aromatic nitrogens is 5. The molecule has 0 radical (unpaired) electrons. The van der Waals surface area contributed by atoms with E-state index in [1.165, 1.54) is 19.2 Å². The molecule has 3 N–H and O–H groups in total. The van der Waals surface area contributed by atoms with Crippen molar-refractivity contribution in [1.29, 1.82) is 0 Å². The first-order valence-corrected chi connectivity index (χ1v) is 13.2. The van der Waals surface area contributed by atoms with Crippen LogP contribution in [-0.2, 0) is 4.79 Å². The summed E-state index contributed by atoms with van der Waals surface area (Å²) in [4.78, 5) is 24.8. The van der Waals surface area contributed by atoms with E-state index >= 15 is 0 Å². The average molecular weight is 549 g/mol. The molecule has 1 amide bonds. The molecule has 0 spiro atoms. The highest BCUT2D eigenvalue weighted by molar-refractivity contribution is 6.01. The molecule has 0 aliphatic carbocycles. The average Bonchev–Trinajstić information content (AvgIpc) is 3.55. The van der Waals surface area contributed by atoms with Gasteiger partial charge in [0.2, 0.25) is 5.91 Å². The van der Waals surface area contributed by atoms with Crippen molar-refractivity contribution in [3.63, 3.8) is 0 Å². The van der Waals surface area contributed by atoms with Crippen LogP contribution in [0.5, 0.6) is 5.75 Å². The minimum atomic E-state index is -0.365. The van der Waals surface area contributed by atoms with Gasteiger partial charge in [-0.05, 0) is 52.9 Å². The summed E-state index contributed by atoms with van der Waals surface area (Å²) in [6.07, 6.45) is 5.53. The molecule has 4 heterocycles. The van der Waals surface area contributed by atoms with E-state index in [4.69, 9.17) is 4.74 Å². The molecule has 4 aromatic heterocycles. The van der Waals surface area contributed by atoms with Gasteiger partial charge in [-0.1, -0.05) is 32.9 Å². The Morgan fingerprint density at radius 2 is 1.80 bits per heavy atom. The third kappa shape index (κ3) is 5.38. The highest BCUT2D eigenvalue weighted by Crippen LogP contribution is 2.36. The number of anilines is 1. The van der Waals surface area contributed by atoms with E-state index in [1.54, 1.807) is 18.6 Å². The Hall–Kier alpha value is -5.05. The number of aromatic amines is 2. The highest BCUT2D eigenvalue weighted by atomic mass is 19.1. The molecule has 9 heteroatoms. The topological polar surface area (TPSA) is 109 Å². The van der Waals surface area contributed by atoms with Crippen molar-refractivity contribution >= 4 is 33.5 Å². The molecule has 0 saturated heterocycles. The van der Waals surface area contributed by atoms with E-state index < -0.39 is 0 Å². The Balaban J connectivity index is 1.37. The van der Waals surface area contributed by atoms with E-state index in [0.717, 1.165) is 44.2 Å². The van der Waals surface area contributed by atoms with Gasteiger partial charge in [-0.15, -0.1) is 0 Å². The Morgan fingerprint density at radius 3 is 2.61 bits per heavy atom. The van der Waals surface area contributed by atoms with Gasteiger partial charge in [-0.2, -0.15) is 5.10 Å². The zero-order chi connectivity index (χ0) is 28.7. The second kappa shape index (κ2) is 10.2.